The largest absolute Gasteiger partial charge is 0.275 e. The van der Waals surface area contributed by atoms with Crippen LogP contribution in [0.2, 0.25) is 5.28 Å². The lowest BCUT2D eigenvalue weighted by atomic mass is 10.2. The van der Waals surface area contributed by atoms with Gasteiger partial charge in [0.05, 0.1) is 6.54 Å². The van der Waals surface area contributed by atoms with Crippen LogP contribution in [0.1, 0.15) is 0 Å². The molecule has 4 nitrogen and oxygen atoms in total. The topological polar surface area (TPSA) is 51.0 Å². The Balaban J connectivity index is 2.38. The Morgan fingerprint density at radius 1 is 1.18 bits per heavy atom. The Bertz CT molecular complexity index is 699. The predicted octanol–water partition coefficient (Wildman–Crippen LogP) is 1.33. The van der Waals surface area contributed by atoms with E-state index in [4.69, 9.17) is 11.6 Å². The molecule has 0 unspecified atom stereocenters. The maximum atomic E-state index is 5.93. The molecule has 0 aliphatic carbocycles. The second kappa shape index (κ2) is 4.16. The average molecular weight is 310 g/mol. The highest BCUT2D eigenvalue weighted by molar-refractivity contribution is 9.14. The van der Waals surface area contributed by atoms with Crippen molar-refractivity contribution < 1.29 is 0 Å². The minimum absolute atomic E-state index is 0.226. The first-order valence-electron chi connectivity index (χ1n) is 4.93. The van der Waals surface area contributed by atoms with Crippen molar-refractivity contribution in [3.63, 3.8) is 0 Å². The van der Waals surface area contributed by atoms with Crippen LogP contribution in [0.3, 0.4) is 0 Å². The van der Waals surface area contributed by atoms with E-state index in [1.807, 2.05) is 12.1 Å². The van der Waals surface area contributed by atoms with Crippen LogP contribution in [0.5, 0.6) is 0 Å². The van der Waals surface area contributed by atoms with Crippen molar-refractivity contribution in [3.8, 4) is 11.3 Å². The van der Waals surface area contributed by atoms with Gasteiger partial charge in [-0.05, 0) is 23.7 Å². The molecular formula is C11H6BrClN4. The lowest BCUT2D eigenvalue weighted by Crippen LogP contribution is -2.30. The lowest BCUT2D eigenvalue weighted by Gasteiger charge is -2.00. The van der Waals surface area contributed by atoms with Crippen molar-refractivity contribution in [3.05, 3.63) is 40.5 Å². The van der Waals surface area contributed by atoms with Crippen LogP contribution in [0, 0.1) is 0 Å². The summed E-state index contributed by atoms with van der Waals surface area (Å²) in [6, 6.07) is 3.75. The minimum atomic E-state index is 0.226. The Morgan fingerprint density at radius 2 is 1.94 bits per heavy atom. The number of hydrogen-bond acceptors (Lipinski definition) is 4. The molecule has 0 fully saturated rings. The summed E-state index contributed by atoms with van der Waals surface area (Å²) in [5, 5.41) is 1.79. The summed E-state index contributed by atoms with van der Waals surface area (Å²) in [6.45, 7) is 0.586. The molecule has 0 bridgehead atoms. The van der Waals surface area contributed by atoms with Crippen molar-refractivity contribution in [2.75, 3.05) is 6.54 Å². The molecule has 0 saturated carbocycles. The zero-order chi connectivity index (χ0) is 11.8. The molecule has 0 saturated heterocycles. The van der Waals surface area contributed by atoms with Crippen LogP contribution < -0.4 is 10.7 Å². The maximum absolute atomic E-state index is 5.93. The first kappa shape index (κ1) is 10.8. The van der Waals surface area contributed by atoms with Gasteiger partial charge in [0.25, 0.3) is 0 Å². The molecule has 84 valence electrons. The van der Waals surface area contributed by atoms with Gasteiger partial charge in [0.15, 0.2) is 0 Å². The van der Waals surface area contributed by atoms with E-state index in [-0.39, 0.29) is 5.28 Å². The fourth-order valence-electron chi connectivity index (χ4n) is 1.70. The molecule has 2 aromatic rings. The highest BCUT2D eigenvalue weighted by atomic mass is 79.9. The Morgan fingerprint density at radius 3 is 2.71 bits per heavy atom. The first-order valence-corrected chi connectivity index (χ1v) is 6.10. The van der Waals surface area contributed by atoms with Crippen molar-refractivity contribution in [2.24, 2.45) is 4.99 Å². The molecule has 1 aliphatic rings. The minimum Gasteiger partial charge on any atom is -0.275 e. The molecule has 0 radical (unpaired) electrons. The standard InChI is InChI=1S/C11H6BrClN4/c12-7-5-15-10-8(6-1-3-14-4-2-6)16-11(13)17-9(7)10/h1-4H,5H2. The van der Waals surface area contributed by atoms with E-state index in [1.54, 1.807) is 12.4 Å². The van der Waals surface area contributed by atoms with Crippen LogP contribution >= 0.6 is 27.5 Å². The van der Waals surface area contributed by atoms with Gasteiger partial charge in [-0.1, -0.05) is 15.9 Å². The molecule has 0 spiro atoms. The number of nitrogens with zero attached hydrogens (tertiary/aromatic N) is 4. The third kappa shape index (κ3) is 1.85. The van der Waals surface area contributed by atoms with Gasteiger partial charge in [0, 0.05) is 22.4 Å². The van der Waals surface area contributed by atoms with E-state index < -0.39 is 0 Å². The van der Waals surface area contributed by atoms with Crippen LogP contribution in [0.25, 0.3) is 15.7 Å². The zero-order valence-electron chi connectivity index (χ0n) is 8.56. The quantitative estimate of drug-likeness (QED) is 0.747. The molecule has 17 heavy (non-hydrogen) atoms. The van der Waals surface area contributed by atoms with Crippen molar-refractivity contribution >= 4 is 32.0 Å². The monoisotopic (exact) mass is 308 g/mol. The fraction of sp³-hybridized carbons (Fsp3) is 0.0909. The summed E-state index contributed by atoms with van der Waals surface area (Å²) in [5.41, 5.74) is 1.68. The van der Waals surface area contributed by atoms with Gasteiger partial charge in [-0.25, -0.2) is 9.97 Å². The van der Waals surface area contributed by atoms with E-state index in [9.17, 15) is 0 Å². The third-order valence-electron chi connectivity index (χ3n) is 2.44. The van der Waals surface area contributed by atoms with Gasteiger partial charge >= 0.3 is 0 Å². The first-order chi connectivity index (χ1) is 8.25. The van der Waals surface area contributed by atoms with E-state index >= 15 is 0 Å². The molecule has 0 N–H and O–H groups in total. The van der Waals surface area contributed by atoms with Gasteiger partial charge in [0.2, 0.25) is 5.28 Å². The number of pyridine rings is 1. The Kier molecular flexibility index (Phi) is 2.64. The van der Waals surface area contributed by atoms with Gasteiger partial charge < -0.3 is 0 Å². The molecule has 3 rings (SSSR count). The van der Waals surface area contributed by atoms with E-state index in [0.717, 1.165) is 26.4 Å². The lowest BCUT2D eigenvalue weighted by molar-refractivity contribution is 1.08. The van der Waals surface area contributed by atoms with Gasteiger partial charge in [-0.15, -0.1) is 0 Å². The Hall–Kier alpha value is -1.33. The second-order valence-electron chi connectivity index (χ2n) is 3.50. The van der Waals surface area contributed by atoms with E-state index in [0.29, 0.717) is 6.54 Å². The summed E-state index contributed by atoms with van der Waals surface area (Å²) in [5.74, 6) is 0. The highest BCUT2D eigenvalue weighted by Gasteiger charge is 2.13. The van der Waals surface area contributed by atoms with Crippen LogP contribution in [0.15, 0.2) is 29.5 Å². The number of hydrogen-bond donors (Lipinski definition) is 0. The Labute approximate surface area is 110 Å². The molecule has 0 amide bonds. The molecule has 1 aliphatic heterocycles. The predicted molar refractivity (Wildman–Crippen MR) is 68.3 cm³/mol. The second-order valence-corrected chi connectivity index (χ2v) is 4.79. The summed E-state index contributed by atoms with van der Waals surface area (Å²) < 4.78 is 0.937. The van der Waals surface area contributed by atoms with E-state index in [1.165, 1.54) is 0 Å². The van der Waals surface area contributed by atoms with Crippen LogP contribution in [-0.4, -0.2) is 21.5 Å². The summed E-state index contributed by atoms with van der Waals surface area (Å²) in [4.78, 5) is 16.8. The summed E-state index contributed by atoms with van der Waals surface area (Å²) in [7, 11) is 0. The smallest absolute Gasteiger partial charge is 0.223 e. The van der Waals surface area contributed by atoms with Gasteiger partial charge in [0.1, 0.15) is 16.4 Å². The van der Waals surface area contributed by atoms with Crippen molar-refractivity contribution in [1.82, 2.24) is 15.0 Å². The SMILES string of the molecule is Clc1nc(-c2ccncc2)c2c(n1)=C(Br)CN=2. The number of aromatic nitrogens is 3. The molecule has 0 atom stereocenters. The zero-order valence-corrected chi connectivity index (χ0v) is 10.9. The average Bonchev–Trinajstić information content (AvgIpc) is 2.72. The fourth-order valence-corrected chi connectivity index (χ4v) is 2.27. The van der Waals surface area contributed by atoms with Crippen LogP contribution in [-0.2, 0) is 0 Å². The molecular weight excluding hydrogens is 304 g/mol. The summed E-state index contributed by atoms with van der Waals surface area (Å²) >= 11 is 9.37. The highest BCUT2D eigenvalue weighted by Crippen LogP contribution is 2.14. The molecule has 0 aromatic carbocycles. The molecule has 2 aromatic heterocycles. The van der Waals surface area contributed by atoms with Crippen molar-refractivity contribution in [2.45, 2.75) is 0 Å². The molecule has 6 heteroatoms. The molecule has 3 heterocycles. The van der Waals surface area contributed by atoms with E-state index in [2.05, 4.69) is 35.9 Å². The maximum Gasteiger partial charge on any atom is 0.223 e. The summed E-state index contributed by atoms with van der Waals surface area (Å²) in [6.07, 6.45) is 3.43. The van der Waals surface area contributed by atoms with Crippen LogP contribution in [0.4, 0.5) is 0 Å². The van der Waals surface area contributed by atoms with Crippen molar-refractivity contribution in [1.29, 1.82) is 0 Å². The number of halogens is 2. The normalized spacial score (nSPS) is 13.4. The third-order valence-corrected chi connectivity index (χ3v) is 3.24. The van der Waals surface area contributed by atoms with Gasteiger partial charge in [-0.2, -0.15) is 0 Å². The number of fused-ring (bicyclic) bond motifs is 1. The number of rotatable bonds is 1. The van der Waals surface area contributed by atoms with Gasteiger partial charge in [-0.3, -0.25) is 9.98 Å².